The van der Waals surface area contributed by atoms with Crippen LogP contribution < -0.4 is 0 Å². The maximum atomic E-state index is 12.9. The first-order valence-electron chi connectivity index (χ1n) is 3.06. The maximum absolute atomic E-state index is 12.9. The van der Waals surface area contributed by atoms with Gasteiger partial charge >= 0.3 is 0 Å². The molecular formula is C8H3FN2S. The van der Waals surface area contributed by atoms with Gasteiger partial charge in [-0.25, -0.2) is 4.39 Å². The van der Waals surface area contributed by atoms with Gasteiger partial charge in [-0.2, -0.15) is 10.3 Å². The molecule has 1 aromatic rings. The van der Waals surface area contributed by atoms with Gasteiger partial charge in [-0.15, -0.1) is 0 Å². The summed E-state index contributed by atoms with van der Waals surface area (Å²) in [5.74, 6) is -0.564. The minimum absolute atomic E-state index is 0.0463. The third kappa shape index (κ3) is 1.54. The standard InChI is InChI=1S/C8H3FN2S/c9-7-3-1-2-6(4-10)8(7)11-5-12/h1-3H. The molecule has 58 valence electrons. The average Bonchev–Trinajstić information content (AvgIpc) is 2.09. The van der Waals surface area contributed by atoms with Gasteiger partial charge in [-0.3, -0.25) is 0 Å². The maximum Gasteiger partial charge on any atom is 0.151 e. The van der Waals surface area contributed by atoms with E-state index in [4.69, 9.17) is 5.26 Å². The molecule has 0 aliphatic heterocycles. The van der Waals surface area contributed by atoms with Crippen LogP contribution in [0.3, 0.4) is 0 Å². The summed E-state index contributed by atoms with van der Waals surface area (Å²) in [4.78, 5) is 3.44. The van der Waals surface area contributed by atoms with Crippen LogP contribution in [-0.4, -0.2) is 5.16 Å². The van der Waals surface area contributed by atoms with Crippen molar-refractivity contribution in [3.8, 4) is 6.07 Å². The average molecular weight is 178 g/mol. The molecule has 0 unspecified atom stereocenters. The summed E-state index contributed by atoms with van der Waals surface area (Å²) in [6, 6.07) is 5.92. The van der Waals surface area contributed by atoms with Crippen LogP contribution in [0.2, 0.25) is 0 Å². The van der Waals surface area contributed by atoms with Gasteiger partial charge in [-0.1, -0.05) is 6.07 Å². The van der Waals surface area contributed by atoms with Crippen LogP contribution >= 0.6 is 12.2 Å². The highest BCUT2D eigenvalue weighted by Crippen LogP contribution is 2.21. The van der Waals surface area contributed by atoms with E-state index in [0.29, 0.717) is 0 Å². The predicted octanol–water partition coefficient (Wildman–Crippen LogP) is 2.43. The SMILES string of the molecule is N#Cc1cccc(F)c1N=C=S. The summed E-state index contributed by atoms with van der Waals surface area (Å²) in [6.07, 6.45) is 0. The lowest BCUT2D eigenvalue weighted by Gasteiger charge is -1.95. The highest BCUT2D eigenvalue weighted by atomic mass is 32.1. The van der Waals surface area contributed by atoms with E-state index in [-0.39, 0.29) is 11.3 Å². The summed E-state index contributed by atoms with van der Waals surface area (Å²) < 4.78 is 12.9. The van der Waals surface area contributed by atoms with E-state index in [9.17, 15) is 4.39 Å². The largest absolute Gasteiger partial charge is 0.205 e. The van der Waals surface area contributed by atoms with E-state index in [1.165, 1.54) is 18.2 Å². The molecule has 2 nitrogen and oxygen atoms in total. The van der Waals surface area contributed by atoms with Crippen LogP contribution in [0.5, 0.6) is 0 Å². The van der Waals surface area contributed by atoms with Gasteiger partial charge in [0.05, 0.1) is 10.7 Å². The van der Waals surface area contributed by atoms with Crippen molar-refractivity contribution in [3.05, 3.63) is 29.6 Å². The van der Waals surface area contributed by atoms with E-state index in [1.54, 1.807) is 6.07 Å². The summed E-state index contributed by atoms with van der Waals surface area (Å²) in [7, 11) is 0. The second-order valence-corrected chi connectivity index (χ2v) is 2.13. The van der Waals surface area contributed by atoms with E-state index in [1.807, 2.05) is 5.16 Å². The van der Waals surface area contributed by atoms with Crippen LogP contribution in [0, 0.1) is 17.1 Å². The van der Waals surface area contributed by atoms with Crippen LogP contribution in [0.25, 0.3) is 0 Å². The monoisotopic (exact) mass is 178 g/mol. The Morgan fingerprint density at radius 2 is 2.25 bits per heavy atom. The lowest BCUT2D eigenvalue weighted by atomic mass is 10.2. The number of hydrogen-bond donors (Lipinski definition) is 0. The molecule has 0 aliphatic rings. The highest BCUT2D eigenvalue weighted by molar-refractivity contribution is 7.78. The number of nitrogens with zero attached hydrogens (tertiary/aromatic N) is 2. The molecule has 1 aromatic carbocycles. The summed E-state index contributed by atoms with van der Waals surface area (Å²) in [5, 5.41) is 10.5. The summed E-state index contributed by atoms with van der Waals surface area (Å²) in [6.45, 7) is 0. The Hall–Kier alpha value is -1.56. The van der Waals surface area contributed by atoms with Gasteiger partial charge in [0.2, 0.25) is 0 Å². The molecule has 0 radical (unpaired) electrons. The number of nitriles is 1. The smallest absolute Gasteiger partial charge is 0.151 e. The van der Waals surface area contributed by atoms with Crippen molar-refractivity contribution >= 4 is 23.1 Å². The Morgan fingerprint density at radius 3 is 2.83 bits per heavy atom. The van der Waals surface area contributed by atoms with E-state index < -0.39 is 5.82 Å². The number of hydrogen-bond acceptors (Lipinski definition) is 3. The molecule has 0 saturated carbocycles. The van der Waals surface area contributed by atoms with Gasteiger partial charge in [0, 0.05) is 0 Å². The Kier molecular flexibility index (Phi) is 2.65. The molecule has 0 spiro atoms. The first kappa shape index (κ1) is 8.54. The molecule has 0 fully saturated rings. The zero-order valence-electron chi connectivity index (χ0n) is 5.91. The van der Waals surface area contributed by atoms with E-state index in [2.05, 4.69) is 17.2 Å². The lowest BCUT2D eigenvalue weighted by molar-refractivity contribution is 0.629. The first-order valence-corrected chi connectivity index (χ1v) is 3.47. The molecule has 0 N–H and O–H groups in total. The summed E-state index contributed by atoms with van der Waals surface area (Å²) in [5.41, 5.74) is 0.113. The number of benzene rings is 1. The molecule has 0 bridgehead atoms. The number of thiocarbonyl (C=S) groups is 1. The number of para-hydroxylation sites is 1. The Bertz CT molecular complexity index is 389. The second kappa shape index (κ2) is 3.72. The Labute approximate surface area is 74.0 Å². The minimum atomic E-state index is -0.564. The highest BCUT2D eigenvalue weighted by Gasteiger charge is 2.04. The molecule has 0 heterocycles. The predicted molar refractivity (Wildman–Crippen MR) is 45.8 cm³/mol. The fourth-order valence-corrected chi connectivity index (χ4v) is 0.856. The molecule has 0 aliphatic carbocycles. The molecular weight excluding hydrogens is 175 g/mol. The third-order valence-corrected chi connectivity index (χ3v) is 1.36. The number of aliphatic imine (C=N–C) groups is 1. The molecule has 0 amide bonds. The van der Waals surface area contributed by atoms with Crippen molar-refractivity contribution in [2.24, 2.45) is 4.99 Å². The molecule has 4 heteroatoms. The Morgan fingerprint density at radius 1 is 1.50 bits per heavy atom. The molecule has 1 rings (SSSR count). The Balaban J connectivity index is 3.41. The van der Waals surface area contributed by atoms with Crippen molar-refractivity contribution in [1.29, 1.82) is 5.26 Å². The van der Waals surface area contributed by atoms with E-state index in [0.717, 1.165) is 0 Å². The molecule has 0 atom stereocenters. The van der Waals surface area contributed by atoms with Crippen molar-refractivity contribution in [2.45, 2.75) is 0 Å². The molecule has 0 saturated heterocycles. The van der Waals surface area contributed by atoms with Gasteiger partial charge < -0.3 is 0 Å². The topological polar surface area (TPSA) is 36.1 Å². The third-order valence-electron chi connectivity index (χ3n) is 1.26. The number of rotatable bonds is 1. The quantitative estimate of drug-likeness (QED) is 0.489. The molecule has 0 aromatic heterocycles. The second-order valence-electron chi connectivity index (χ2n) is 1.95. The van der Waals surface area contributed by atoms with Gasteiger partial charge in [-0.05, 0) is 24.4 Å². The van der Waals surface area contributed by atoms with Crippen molar-refractivity contribution in [2.75, 3.05) is 0 Å². The van der Waals surface area contributed by atoms with Crippen molar-refractivity contribution in [1.82, 2.24) is 0 Å². The fourth-order valence-electron chi connectivity index (χ4n) is 0.765. The van der Waals surface area contributed by atoms with Crippen molar-refractivity contribution in [3.63, 3.8) is 0 Å². The molecule has 12 heavy (non-hydrogen) atoms. The number of isothiocyanates is 1. The van der Waals surface area contributed by atoms with Crippen LogP contribution in [-0.2, 0) is 0 Å². The fraction of sp³-hybridized carbons (Fsp3) is 0. The first-order chi connectivity index (χ1) is 5.79. The van der Waals surface area contributed by atoms with Gasteiger partial charge in [0.15, 0.2) is 5.82 Å². The zero-order chi connectivity index (χ0) is 8.97. The van der Waals surface area contributed by atoms with Gasteiger partial charge in [0.25, 0.3) is 0 Å². The minimum Gasteiger partial charge on any atom is -0.205 e. The van der Waals surface area contributed by atoms with Crippen LogP contribution in [0.4, 0.5) is 10.1 Å². The zero-order valence-corrected chi connectivity index (χ0v) is 6.73. The van der Waals surface area contributed by atoms with Crippen molar-refractivity contribution < 1.29 is 4.39 Å². The van der Waals surface area contributed by atoms with Crippen LogP contribution in [0.15, 0.2) is 23.2 Å². The lowest BCUT2D eigenvalue weighted by Crippen LogP contribution is -1.80. The summed E-state index contributed by atoms with van der Waals surface area (Å²) >= 11 is 4.31. The van der Waals surface area contributed by atoms with Gasteiger partial charge in [0.1, 0.15) is 11.8 Å². The number of halogens is 1. The van der Waals surface area contributed by atoms with Crippen LogP contribution in [0.1, 0.15) is 5.56 Å². The van der Waals surface area contributed by atoms with E-state index >= 15 is 0 Å². The normalized spacial score (nSPS) is 8.33.